The zero-order valence-corrected chi connectivity index (χ0v) is 16.3. The van der Waals surface area contributed by atoms with E-state index in [0.29, 0.717) is 22.9 Å². The van der Waals surface area contributed by atoms with Gasteiger partial charge in [0.05, 0.1) is 12.1 Å². The molecular weight excluding hydrogens is 360 g/mol. The number of thiazole rings is 1. The third kappa shape index (κ3) is 6.45. The number of benzene rings is 1. The van der Waals surface area contributed by atoms with Crippen LogP contribution >= 0.6 is 11.3 Å². The van der Waals surface area contributed by atoms with Crippen molar-refractivity contribution in [2.24, 2.45) is 0 Å². The summed E-state index contributed by atoms with van der Waals surface area (Å²) >= 11 is 1.33. The van der Waals surface area contributed by atoms with Crippen LogP contribution in [0, 0.1) is 0 Å². The summed E-state index contributed by atoms with van der Waals surface area (Å²) in [7, 11) is 0. The molecule has 1 aliphatic rings. The van der Waals surface area contributed by atoms with Crippen molar-refractivity contribution in [1.29, 1.82) is 0 Å². The molecule has 2 amide bonds. The highest BCUT2D eigenvalue weighted by molar-refractivity contribution is 7.14. The first kappa shape index (κ1) is 19.5. The molecule has 7 heteroatoms. The fourth-order valence-electron chi connectivity index (χ4n) is 3.14. The fourth-order valence-corrected chi connectivity index (χ4v) is 3.85. The van der Waals surface area contributed by atoms with Gasteiger partial charge in [0.25, 0.3) is 5.91 Å². The van der Waals surface area contributed by atoms with E-state index in [1.54, 1.807) is 12.1 Å². The van der Waals surface area contributed by atoms with Crippen LogP contribution in [0.5, 0.6) is 0 Å². The highest BCUT2D eigenvalue weighted by atomic mass is 32.1. The van der Waals surface area contributed by atoms with Gasteiger partial charge in [0.15, 0.2) is 5.13 Å². The number of piperidine rings is 1. The average molecular weight is 387 g/mol. The molecule has 0 aliphatic carbocycles. The standard InChI is InChI=1S/C20H26N4O2S/c25-18(21-10-7-13-24-11-5-2-6-12-24)14-17-15-27-20(22-17)23-19(26)16-8-3-1-4-9-16/h1,3-4,8-9,15H,2,5-7,10-14H2,(H,21,25)(H,22,23,26). The molecule has 1 aromatic heterocycles. The van der Waals surface area contributed by atoms with Crippen molar-refractivity contribution in [3.05, 3.63) is 47.0 Å². The minimum Gasteiger partial charge on any atom is -0.356 e. The second-order valence-corrected chi connectivity index (χ2v) is 7.60. The highest BCUT2D eigenvalue weighted by Gasteiger charge is 2.12. The molecule has 2 aromatic rings. The lowest BCUT2D eigenvalue weighted by atomic mass is 10.1. The third-order valence-corrected chi connectivity index (χ3v) is 5.38. The van der Waals surface area contributed by atoms with E-state index < -0.39 is 0 Å². The third-order valence-electron chi connectivity index (χ3n) is 4.57. The fraction of sp³-hybridized carbons (Fsp3) is 0.450. The summed E-state index contributed by atoms with van der Waals surface area (Å²) in [5, 5.41) is 8.05. The zero-order valence-electron chi connectivity index (χ0n) is 15.4. The van der Waals surface area contributed by atoms with Gasteiger partial charge in [-0.2, -0.15) is 0 Å². The number of anilines is 1. The summed E-state index contributed by atoms with van der Waals surface area (Å²) in [5.74, 6) is -0.224. The van der Waals surface area contributed by atoms with Crippen molar-refractivity contribution in [3.8, 4) is 0 Å². The largest absolute Gasteiger partial charge is 0.356 e. The monoisotopic (exact) mass is 386 g/mol. The number of rotatable bonds is 8. The Morgan fingerprint density at radius 2 is 1.89 bits per heavy atom. The number of aromatic nitrogens is 1. The summed E-state index contributed by atoms with van der Waals surface area (Å²) in [6.07, 6.45) is 5.13. The Kier molecular flexibility index (Phi) is 7.36. The van der Waals surface area contributed by atoms with Crippen LogP contribution in [-0.2, 0) is 11.2 Å². The van der Waals surface area contributed by atoms with E-state index in [4.69, 9.17) is 0 Å². The molecule has 0 radical (unpaired) electrons. The second-order valence-electron chi connectivity index (χ2n) is 6.75. The second kappa shape index (κ2) is 10.2. The van der Waals surface area contributed by atoms with Gasteiger partial charge in [-0.05, 0) is 51.0 Å². The normalized spacial score (nSPS) is 14.7. The molecule has 0 saturated carbocycles. The first-order chi connectivity index (χ1) is 13.2. The molecule has 0 spiro atoms. The van der Waals surface area contributed by atoms with Crippen LogP contribution in [-0.4, -0.2) is 47.9 Å². The summed E-state index contributed by atoms with van der Waals surface area (Å²) in [4.78, 5) is 31.0. The Balaban J connectivity index is 1.37. The van der Waals surface area contributed by atoms with E-state index >= 15 is 0 Å². The Morgan fingerprint density at radius 1 is 1.11 bits per heavy atom. The van der Waals surface area contributed by atoms with Crippen molar-refractivity contribution in [1.82, 2.24) is 15.2 Å². The van der Waals surface area contributed by atoms with Gasteiger partial charge in [-0.1, -0.05) is 24.6 Å². The first-order valence-corrected chi connectivity index (χ1v) is 10.4. The highest BCUT2D eigenvalue weighted by Crippen LogP contribution is 2.17. The zero-order chi connectivity index (χ0) is 18.9. The van der Waals surface area contributed by atoms with Crippen LogP contribution in [0.15, 0.2) is 35.7 Å². The Bertz CT molecular complexity index is 741. The lowest BCUT2D eigenvalue weighted by Gasteiger charge is -2.26. The maximum atomic E-state index is 12.1. The van der Waals surface area contributed by atoms with Crippen LogP contribution in [0.2, 0.25) is 0 Å². The van der Waals surface area contributed by atoms with Gasteiger partial charge in [-0.3, -0.25) is 14.9 Å². The van der Waals surface area contributed by atoms with Gasteiger partial charge in [-0.15, -0.1) is 11.3 Å². The summed E-state index contributed by atoms with van der Waals surface area (Å²) in [6.45, 7) is 4.11. The molecule has 0 bridgehead atoms. The van der Waals surface area contributed by atoms with E-state index in [-0.39, 0.29) is 18.2 Å². The molecule has 1 fully saturated rings. The summed E-state index contributed by atoms with van der Waals surface area (Å²) in [5.41, 5.74) is 1.26. The molecule has 1 saturated heterocycles. The number of nitrogens with zero attached hydrogens (tertiary/aromatic N) is 2. The number of hydrogen-bond donors (Lipinski definition) is 2. The Labute approximate surface area is 164 Å². The van der Waals surface area contributed by atoms with Crippen LogP contribution in [0.4, 0.5) is 5.13 Å². The Hall–Kier alpha value is -2.25. The van der Waals surface area contributed by atoms with E-state index in [1.807, 2.05) is 23.6 Å². The van der Waals surface area contributed by atoms with E-state index in [0.717, 1.165) is 13.0 Å². The van der Waals surface area contributed by atoms with Gasteiger partial charge in [0.2, 0.25) is 5.91 Å². The molecule has 2 heterocycles. The van der Waals surface area contributed by atoms with Crippen LogP contribution in [0.1, 0.15) is 41.7 Å². The molecule has 0 atom stereocenters. The van der Waals surface area contributed by atoms with Gasteiger partial charge >= 0.3 is 0 Å². The number of amides is 2. The maximum Gasteiger partial charge on any atom is 0.257 e. The quantitative estimate of drug-likeness (QED) is 0.684. The summed E-state index contributed by atoms with van der Waals surface area (Å²) in [6, 6.07) is 9.00. The molecule has 27 heavy (non-hydrogen) atoms. The van der Waals surface area contributed by atoms with Gasteiger partial charge < -0.3 is 10.2 Å². The lowest BCUT2D eigenvalue weighted by Crippen LogP contribution is -2.33. The van der Waals surface area contributed by atoms with Crippen molar-refractivity contribution >= 4 is 28.3 Å². The number of likely N-dealkylation sites (tertiary alicyclic amines) is 1. The van der Waals surface area contributed by atoms with E-state index in [9.17, 15) is 9.59 Å². The molecule has 3 rings (SSSR count). The van der Waals surface area contributed by atoms with Crippen LogP contribution in [0.3, 0.4) is 0 Å². The van der Waals surface area contributed by atoms with Gasteiger partial charge in [-0.25, -0.2) is 4.98 Å². The van der Waals surface area contributed by atoms with Crippen molar-refractivity contribution in [2.75, 3.05) is 31.5 Å². The number of hydrogen-bond acceptors (Lipinski definition) is 5. The number of nitrogens with one attached hydrogen (secondary N) is 2. The average Bonchev–Trinajstić information content (AvgIpc) is 3.13. The smallest absolute Gasteiger partial charge is 0.257 e. The predicted molar refractivity (Wildman–Crippen MR) is 108 cm³/mol. The molecule has 6 nitrogen and oxygen atoms in total. The van der Waals surface area contributed by atoms with Gasteiger partial charge in [0, 0.05) is 17.5 Å². The molecule has 1 aliphatic heterocycles. The first-order valence-electron chi connectivity index (χ1n) is 9.50. The van der Waals surface area contributed by atoms with Crippen molar-refractivity contribution in [3.63, 3.8) is 0 Å². The topological polar surface area (TPSA) is 74.3 Å². The number of carbonyl (C=O) groups excluding carboxylic acids is 2. The lowest BCUT2D eigenvalue weighted by molar-refractivity contribution is -0.120. The van der Waals surface area contributed by atoms with Crippen molar-refractivity contribution in [2.45, 2.75) is 32.1 Å². The molecule has 1 aromatic carbocycles. The minimum atomic E-state index is -0.196. The Morgan fingerprint density at radius 3 is 2.67 bits per heavy atom. The van der Waals surface area contributed by atoms with E-state index in [2.05, 4.69) is 20.5 Å². The van der Waals surface area contributed by atoms with Gasteiger partial charge in [0.1, 0.15) is 0 Å². The SMILES string of the molecule is O=C(Cc1csc(NC(=O)c2ccccc2)n1)NCCCN1CCCCC1. The molecule has 0 unspecified atom stereocenters. The van der Waals surface area contributed by atoms with Crippen LogP contribution in [0.25, 0.3) is 0 Å². The molecular formula is C20H26N4O2S. The molecule has 2 N–H and O–H groups in total. The minimum absolute atomic E-state index is 0.0279. The summed E-state index contributed by atoms with van der Waals surface area (Å²) < 4.78 is 0. The maximum absolute atomic E-state index is 12.1. The predicted octanol–water partition coefficient (Wildman–Crippen LogP) is 2.93. The van der Waals surface area contributed by atoms with E-state index in [1.165, 1.54) is 43.7 Å². The molecule has 144 valence electrons. The number of carbonyl (C=O) groups is 2. The van der Waals surface area contributed by atoms with Crippen LogP contribution < -0.4 is 10.6 Å². The van der Waals surface area contributed by atoms with Crippen molar-refractivity contribution < 1.29 is 9.59 Å².